The number of nitrogens with zero attached hydrogens (tertiary/aromatic N) is 1. The van der Waals surface area contributed by atoms with Gasteiger partial charge in [0.25, 0.3) is 0 Å². The molecule has 17 heavy (non-hydrogen) atoms. The second-order valence-corrected chi connectivity index (χ2v) is 3.82. The molecule has 0 saturated heterocycles. The molecule has 0 spiro atoms. The van der Waals surface area contributed by atoms with Crippen molar-refractivity contribution < 1.29 is 14.0 Å². The first-order chi connectivity index (χ1) is 8.02. The molecule has 6 nitrogen and oxygen atoms in total. The second-order valence-electron chi connectivity index (χ2n) is 3.82. The van der Waals surface area contributed by atoms with Gasteiger partial charge in [-0.05, 0) is 26.0 Å². The van der Waals surface area contributed by atoms with Gasteiger partial charge in [-0.1, -0.05) is 0 Å². The Morgan fingerprint density at radius 3 is 2.82 bits per heavy atom. The van der Waals surface area contributed by atoms with Crippen molar-refractivity contribution in [3.63, 3.8) is 0 Å². The molecular weight excluding hydrogens is 222 g/mol. The average Bonchev–Trinajstić information content (AvgIpc) is 2.77. The van der Waals surface area contributed by atoms with Crippen LogP contribution in [0.1, 0.15) is 25.6 Å². The lowest BCUT2D eigenvalue weighted by Crippen LogP contribution is -2.50. The molecule has 0 radical (unpaired) electrons. The molecule has 0 bridgehead atoms. The van der Waals surface area contributed by atoms with Crippen molar-refractivity contribution in [2.75, 3.05) is 0 Å². The zero-order valence-electron chi connectivity index (χ0n) is 9.56. The fraction of sp³-hybridized carbons (Fsp3) is 0.273. The van der Waals surface area contributed by atoms with E-state index in [1.54, 1.807) is 19.1 Å². The Hall–Kier alpha value is -2.08. The number of urea groups is 1. The summed E-state index contributed by atoms with van der Waals surface area (Å²) in [5.41, 5.74) is 0.865. The summed E-state index contributed by atoms with van der Waals surface area (Å²) < 4.78 is 5.22. The molecule has 3 N–H and O–H groups in total. The zero-order chi connectivity index (χ0) is 12.6. The first kappa shape index (κ1) is 11.4. The van der Waals surface area contributed by atoms with Gasteiger partial charge in [0.05, 0.1) is 6.26 Å². The fourth-order valence-electron chi connectivity index (χ4n) is 1.88. The SMILES string of the molecule is CC(=O)C1=C(C)N(N)C(=O)N[C@H]1c1ccco1. The summed E-state index contributed by atoms with van der Waals surface area (Å²) in [5, 5.41) is 3.55. The molecule has 0 unspecified atom stereocenters. The van der Waals surface area contributed by atoms with E-state index in [2.05, 4.69) is 5.32 Å². The van der Waals surface area contributed by atoms with E-state index >= 15 is 0 Å². The molecule has 1 atom stereocenters. The van der Waals surface area contributed by atoms with E-state index in [0.29, 0.717) is 17.0 Å². The van der Waals surface area contributed by atoms with E-state index in [4.69, 9.17) is 10.3 Å². The number of nitrogens with two attached hydrogens (primary N) is 1. The zero-order valence-corrected chi connectivity index (χ0v) is 9.56. The van der Waals surface area contributed by atoms with Crippen LogP contribution >= 0.6 is 0 Å². The van der Waals surface area contributed by atoms with E-state index in [0.717, 1.165) is 5.01 Å². The Morgan fingerprint density at radius 2 is 2.29 bits per heavy atom. The highest BCUT2D eigenvalue weighted by Gasteiger charge is 2.34. The molecule has 1 aromatic heterocycles. The van der Waals surface area contributed by atoms with Gasteiger partial charge in [-0.15, -0.1) is 0 Å². The minimum atomic E-state index is -0.574. The Balaban J connectivity index is 2.51. The van der Waals surface area contributed by atoms with Crippen molar-refractivity contribution >= 4 is 11.8 Å². The molecular formula is C11H13N3O3. The third kappa shape index (κ3) is 1.83. The van der Waals surface area contributed by atoms with Gasteiger partial charge >= 0.3 is 6.03 Å². The van der Waals surface area contributed by atoms with Crippen LogP contribution in [0.2, 0.25) is 0 Å². The predicted molar refractivity (Wildman–Crippen MR) is 59.4 cm³/mol. The monoisotopic (exact) mass is 235 g/mol. The molecule has 0 fully saturated rings. The van der Waals surface area contributed by atoms with Crippen LogP contribution in [0.4, 0.5) is 4.79 Å². The van der Waals surface area contributed by atoms with Gasteiger partial charge in [0.2, 0.25) is 0 Å². The molecule has 1 aliphatic heterocycles. The van der Waals surface area contributed by atoms with E-state index in [1.807, 2.05) is 0 Å². The lowest BCUT2D eigenvalue weighted by atomic mass is 9.97. The second kappa shape index (κ2) is 4.06. The van der Waals surface area contributed by atoms with Crippen LogP contribution in [0.25, 0.3) is 0 Å². The van der Waals surface area contributed by atoms with Crippen molar-refractivity contribution in [1.82, 2.24) is 10.3 Å². The number of hydrogen-bond acceptors (Lipinski definition) is 4. The van der Waals surface area contributed by atoms with Gasteiger partial charge in [0.15, 0.2) is 5.78 Å². The molecule has 1 aromatic rings. The number of rotatable bonds is 2. The highest BCUT2D eigenvalue weighted by Crippen LogP contribution is 2.29. The molecule has 2 heterocycles. The normalized spacial score (nSPS) is 20.5. The largest absolute Gasteiger partial charge is 0.467 e. The predicted octanol–water partition coefficient (Wildman–Crippen LogP) is 1.08. The van der Waals surface area contributed by atoms with Gasteiger partial charge in [-0.2, -0.15) is 0 Å². The summed E-state index contributed by atoms with van der Waals surface area (Å²) in [7, 11) is 0. The maximum atomic E-state index is 11.6. The summed E-state index contributed by atoms with van der Waals surface area (Å²) in [6, 6.07) is 2.36. The molecule has 0 aliphatic carbocycles. The fourth-order valence-corrected chi connectivity index (χ4v) is 1.88. The summed E-state index contributed by atoms with van der Waals surface area (Å²) >= 11 is 0. The Morgan fingerprint density at radius 1 is 1.59 bits per heavy atom. The summed E-state index contributed by atoms with van der Waals surface area (Å²) in [6.07, 6.45) is 1.49. The van der Waals surface area contributed by atoms with Gasteiger partial charge < -0.3 is 9.73 Å². The Kier molecular flexibility index (Phi) is 2.72. The Bertz CT molecular complexity index is 490. The van der Waals surface area contributed by atoms with Crippen molar-refractivity contribution in [3.8, 4) is 0 Å². The van der Waals surface area contributed by atoms with Crippen LogP contribution in [-0.2, 0) is 4.79 Å². The number of carbonyl (C=O) groups excluding carboxylic acids is 2. The maximum absolute atomic E-state index is 11.6. The lowest BCUT2D eigenvalue weighted by Gasteiger charge is -2.31. The van der Waals surface area contributed by atoms with Crippen LogP contribution < -0.4 is 11.2 Å². The first-order valence-electron chi connectivity index (χ1n) is 5.12. The molecule has 2 amide bonds. The number of Topliss-reactive ketones (excluding diaryl/α,β-unsaturated/α-hetero) is 1. The number of hydrogen-bond donors (Lipinski definition) is 2. The average molecular weight is 235 g/mol. The first-order valence-corrected chi connectivity index (χ1v) is 5.12. The maximum Gasteiger partial charge on any atom is 0.336 e. The van der Waals surface area contributed by atoms with Crippen LogP contribution in [0.15, 0.2) is 34.1 Å². The van der Waals surface area contributed by atoms with Crippen LogP contribution in [0, 0.1) is 0 Å². The van der Waals surface area contributed by atoms with Gasteiger partial charge in [0.1, 0.15) is 11.8 Å². The quantitative estimate of drug-likeness (QED) is 0.593. The highest BCUT2D eigenvalue weighted by atomic mass is 16.3. The van der Waals surface area contributed by atoms with E-state index in [-0.39, 0.29) is 5.78 Å². The third-order valence-electron chi connectivity index (χ3n) is 2.73. The summed E-state index contributed by atoms with van der Waals surface area (Å²) in [5.74, 6) is 5.90. The number of furan rings is 1. The standard InChI is InChI=1S/C11H13N3O3/c1-6-9(7(2)15)10(8-4-3-5-17-8)13-11(16)14(6)12/h3-5,10H,12H2,1-2H3,(H,13,16)/t10-/m0/s1. The number of carbonyl (C=O) groups is 2. The van der Waals surface area contributed by atoms with E-state index in [9.17, 15) is 9.59 Å². The molecule has 0 aromatic carbocycles. The molecule has 2 rings (SSSR count). The molecule has 0 saturated carbocycles. The van der Waals surface area contributed by atoms with E-state index < -0.39 is 12.1 Å². The number of hydrazine groups is 1. The number of ketones is 1. The van der Waals surface area contributed by atoms with Crippen LogP contribution in [-0.4, -0.2) is 16.8 Å². The van der Waals surface area contributed by atoms with Gasteiger partial charge in [-0.3, -0.25) is 4.79 Å². The van der Waals surface area contributed by atoms with Gasteiger partial charge in [0, 0.05) is 11.3 Å². The minimum absolute atomic E-state index is 0.153. The van der Waals surface area contributed by atoms with Crippen molar-refractivity contribution in [3.05, 3.63) is 35.4 Å². The van der Waals surface area contributed by atoms with E-state index in [1.165, 1.54) is 13.2 Å². The molecule has 1 aliphatic rings. The number of nitrogens with one attached hydrogen (secondary N) is 1. The van der Waals surface area contributed by atoms with Crippen molar-refractivity contribution in [2.45, 2.75) is 19.9 Å². The lowest BCUT2D eigenvalue weighted by molar-refractivity contribution is -0.114. The number of amides is 2. The molecule has 6 heteroatoms. The minimum Gasteiger partial charge on any atom is -0.467 e. The third-order valence-corrected chi connectivity index (χ3v) is 2.73. The van der Waals surface area contributed by atoms with Crippen molar-refractivity contribution in [2.24, 2.45) is 5.84 Å². The topological polar surface area (TPSA) is 88.6 Å². The van der Waals surface area contributed by atoms with Crippen LogP contribution in [0.3, 0.4) is 0 Å². The molecule has 90 valence electrons. The van der Waals surface area contributed by atoms with Gasteiger partial charge in [-0.25, -0.2) is 15.6 Å². The van der Waals surface area contributed by atoms with Crippen LogP contribution in [0.5, 0.6) is 0 Å². The smallest absolute Gasteiger partial charge is 0.336 e. The summed E-state index contributed by atoms with van der Waals surface area (Å²) in [4.78, 5) is 23.2. The highest BCUT2D eigenvalue weighted by molar-refractivity contribution is 5.98. The van der Waals surface area contributed by atoms with Crippen molar-refractivity contribution in [1.29, 1.82) is 0 Å². The Labute approximate surface area is 98.0 Å². The number of allylic oxidation sites excluding steroid dienone is 1. The summed E-state index contributed by atoms with van der Waals surface area (Å²) in [6.45, 7) is 3.06.